The highest BCUT2D eigenvalue weighted by Gasteiger charge is 2.08. The second-order valence-electron chi connectivity index (χ2n) is 5.37. The van der Waals surface area contributed by atoms with Gasteiger partial charge in [0.1, 0.15) is 0 Å². The van der Waals surface area contributed by atoms with Crippen LogP contribution >= 0.6 is 0 Å². The van der Waals surface area contributed by atoms with E-state index in [-0.39, 0.29) is 11.5 Å². The number of aromatic amines is 1. The van der Waals surface area contributed by atoms with Crippen molar-refractivity contribution in [2.75, 3.05) is 19.5 Å². The van der Waals surface area contributed by atoms with Crippen molar-refractivity contribution in [2.45, 2.75) is 0 Å². The van der Waals surface area contributed by atoms with Gasteiger partial charge in [0.15, 0.2) is 11.5 Å². The molecule has 7 nitrogen and oxygen atoms in total. The number of carbonyl (C=O) groups is 1. The van der Waals surface area contributed by atoms with Crippen LogP contribution in [0.15, 0.2) is 53.6 Å². The number of benzene rings is 2. The van der Waals surface area contributed by atoms with Crippen molar-refractivity contribution >= 4 is 28.6 Å². The van der Waals surface area contributed by atoms with E-state index in [1.54, 1.807) is 37.5 Å². The van der Waals surface area contributed by atoms with Gasteiger partial charge >= 0.3 is 0 Å². The molecule has 0 radical (unpaired) electrons. The first kappa shape index (κ1) is 17.2. The Morgan fingerprint density at radius 3 is 2.81 bits per heavy atom. The number of fused-ring (bicyclic) bond motifs is 1. The lowest BCUT2D eigenvalue weighted by Gasteiger charge is -2.09. The number of rotatable bonds is 5. The topological polar surface area (TPSA) is 93.3 Å². The molecule has 0 spiro atoms. The molecule has 1 heterocycles. The molecule has 2 N–H and O–H groups in total. The first-order valence-corrected chi connectivity index (χ1v) is 7.80. The van der Waals surface area contributed by atoms with Crippen LogP contribution < -0.4 is 20.3 Å². The zero-order valence-corrected chi connectivity index (χ0v) is 14.3. The third kappa shape index (κ3) is 3.56. The molecule has 0 fully saturated rings. The predicted octanol–water partition coefficient (Wildman–Crippen LogP) is 2.59. The molecule has 2 aromatic carbocycles. The van der Waals surface area contributed by atoms with E-state index in [0.29, 0.717) is 33.7 Å². The molecule has 0 aliphatic heterocycles. The number of methoxy groups -OCH3 is 2. The van der Waals surface area contributed by atoms with Crippen LogP contribution in [0.3, 0.4) is 0 Å². The lowest BCUT2D eigenvalue weighted by molar-refractivity contribution is -0.111. The molecule has 3 aromatic rings. The molecule has 26 heavy (non-hydrogen) atoms. The molecule has 1 aromatic heterocycles. The number of hydrogen-bond acceptors (Lipinski definition) is 5. The SMILES string of the molecule is COc1cccc(/C=C\C(=O)Nc2ccc3nc[nH]c(=O)c3c2)c1OC. The fourth-order valence-corrected chi connectivity index (χ4v) is 2.54. The number of para-hydroxylation sites is 1. The van der Waals surface area contributed by atoms with Gasteiger partial charge in [-0.15, -0.1) is 0 Å². The van der Waals surface area contributed by atoms with E-state index in [9.17, 15) is 9.59 Å². The van der Waals surface area contributed by atoms with Gasteiger partial charge in [0.25, 0.3) is 5.56 Å². The van der Waals surface area contributed by atoms with E-state index >= 15 is 0 Å². The summed E-state index contributed by atoms with van der Waals surface area (Å²) in [5.41, 5.74) is 1.51. The van der Waals surface area contributed by atoms with Gasteiger partial charge in [0.2, 0.25) is 5.91 Å². The van der Waals surface area contributed by atoms with Gasteiger partial charge in [0, 0.05) is 17.3 Å². The molecule has 0 aliphatic carbocycles. The summed E-state index contributed by atoms with van der Waals surface area (Å²) < 4.78 is 10.6. The smallest absolute Gasteiger partial charge is 0.258 e. The molecular formula is C19H17N3O4. The number of carbonyl (C=O) groups excluding carboxylic acids is 1. The van der Waals surface area contributed by atoms with Crippen LogP contribution in [0.25, 0.3) is 17.0 Å². The third-order valence-corrected chi connectivity index (χ3v) is 3.76. The highest BCUT2D eigenvalue weighted by molar-refractivity contribution is 6.03. The second-order valence-corrected chi connectivity index (χ2v) is 5.37. The second kappa shape index (κ2) is 7.52. The molecule has 1 amide bonds. The summed E-state index contributed by atoms with van der Waals surface area (Å²) in [4.78, 5) is 30.6. The molecule has 0 unspecified atom stereocenters. The Hall–Kier alpha value is -3.61. The van der Waals surface area contributed by atoms with Crippen molar-refractivity contribution in [2.24, 2.45) is 0 Å². The maximum absolute atomic E-state index is 12.2. The van der Waals surface area contributed by atoms with Crippen LogP contribution in [0.4, 0.5) is 5.69 Å². The van der Waals surface area contributed by atoms with Crippen LogP contribution in [0.1, 0.15) is 5.56 Å². The quantitative estimate of drug-likeness (QED) is 0.689. The predicted molar refractivity (Wildman–Crippen MR) is 99.6 cm³/mol. The molecule has 7 heteroatoms. The lowest BCUT2D eigenvalue weighted by Crippen LogP contribution is -2.10. The van der Waals surface area contributed by atoms with Gasteiger partial charge in [-0.3, -0.25) is 9.59 Å². The van der Waals surface area contributed by atoms with Crippen molar-refractivity contribution < 1.29 is 14.3 Å². The number of amides is 1. The summed E-state index contributed by atoms with van der Waals surface area (Å²) in [5.74, 6) is 0.785. The summed E-state index contributed by atoms with van der Waals surface area (Å²) >= 11 is 0. The highest BCUT2D eigenvalue weighted by Crippen LogP contribution is 2.31. The van der Waals surface area contributed by atoms with Crippen molar-refractivity contribution in [1.29, 1.82) is 0 Å². The van der Waals surface area contributed by atoms with Crippen molar-refractivity contribution in [3.8, 4) is 11.5 Å². The minimum atomic E-state index is -0.338. The number of aromatic nitrogens is 2. The van der Waals surface area contributed by atoms with Crippen molar-refractivity contribution in [1.82, 2.24) is 9.97 Å². The number of anilines is 1. The standard InChI is InChI=1S/C19H17N3O4/c1-25-16-5-3-4-12(18(16)26-2)6-9-17(23)22-13-7-8-15-14(10-13)19(24)21-11-20-15/h3-11H,1-2H3,(H,22,23)(H,20,21,24)/b9-6-. The maximum Gasteiger partial charge on any atom is 0.258 e. The summed E-state index contributed by atoms with van der Waals surface area (Å²) in [7, 11) is 3.09. The first-order chi connectivity index (χ1) is 12.6. The van der Waals surface area contributed by atoms with Crippen molar-refractivity contribution in [3.05, 3.63) is 64.7 Å². The maximum atomic E-state index is 12.2. The van der Waals surface area contributed by atoms with Crippen LogP contribution in [0.5, 0.6) is 11.5 Å². The number of H-pyrrole nitrogens is 1. The summed E-state index contributed by atoms with van der Waals surface area (Å²) in [6.07, 6.45) is 4.36. The van der Waals surface area contributed by atoms with Crippen LogP contribution in [-0.2, 0) is 4.79 Å². The Kier molecular flexibility index (Phi) is 4.98. The fraction of sp³-hybridized carbons (Fsp3) is 0.105. The Bertz CT molecular complexity index is 1040. The van der Waals surface area contributed by atoms with E-state index in [1.165, 1.54) is 19.5 Å². The van der Waals surface area contributed by atoms with Gasteiger partial charge in [-0.1, -0.05) is 12.1 Å². The third-order valence-electron chi connectivity index (χ3n) is 3.76. The first-order valence-electron chi connectivity index (χ1n) is 7.80. The molecule has 0 saturated heterocycles. The van der Waals surface area contributed by atoms with E-state index in [4.69, 9.17) is 9.47 Å². The fourth-order valence-electron chi connectivity index (χ4n) is 2.54. The Morgan fingerprint density at radius 2 is 2.04 bits per heavy atom. The van der Waals surface area contributed by atoms with Gasteiger partial charge in [-0.25, -0.2) is 4.98 Å². The minimum Gasteiger partial charge on any atom is -0.493 e. The number of nitrogens with zero attached hydrogens (tertiary/aromatic N) is 1. The number of ether oxygens (including phenoxy) is 2. The Morgan fingerprint density at radius 1 is 1.19 bits per heavy atom. The van der Waals surface area contributed by atoms with Gasteiger partial charge < -0.3 is 19.8 Å². The molecule has 0 saturated carbocycles. The average Bonchev–Trinajstić information content (AvgIpc) is 2.66. The van der Waals surface area contributed by atoms with Crippen LogP contribution in [-0.4, -0.2) is 30.1 Å². The van der Waals surface area contributed by atoms with Crippen LogP contribution in [0, 0.1) is 0 Å². The molecule has 3 rings (SSSR count). The summed E-state index contributed by atoms with van der Waals surface area (Å²) in [5, 5.41) is 3.13. The Balaban J connectivity index is 1.80. The van der Waals surface area contributed by atoms with Crippen LogP contribution in [0.2, 0.25) is 0 Å². The molecule has 0 atom stereocenters. The number of hydrogen-bond donors (Lipinski definition) is 2. The van der Waals surface area contributed by atoms with E-state index in [0.717, 1.165) is 0 Å². The zero-order chi connectivity index (χ0) is 18.5. The normalized spacial score (nSPS) is 10.8. The molecule has 132 valence electrons. The average molecular weight is 351 g/mol. The minimum absolute atomic E-state index is 0.261. The molecular weight excluding hydrogens is 334 g/mol. The molecule has 0 bridgehead atoms. The van der Waals surface area contributed by atoms with E-state index in [1.807, 2.05) is 12.1 Å². The van der Waals surface area contributed by atoms with Gasteiger partial charge in [-0.2, -0.15) is 0 Å². The highest BCUT2D eigenvalue weighted by atomic mass is 16.5. The summed E-state index contributed by atoms with van der Waals surface area (Å²) in [6.45, 7) is 0. The zero-order valence-electron chi connectivity index (χ0n) is 14.3. The monoisotopic (exact) mass is 351 g/mol. The van der Waals surface area contributed by atoms with E-state index < -0.39 is 0 Å². The lowest BCUT2D eigenvalue weighted by atomic mass is 10.1. The number of nitrogens with one attached hydrogen (secondary N) is 2. The van der Waals surface area contributed by atoms with Crippen molar-refractivity contribution in [3.63, 3.8) is 0 Å². The van der Waals surface area contributed by atoms with Gasteiger partial charge in [0.05, 0.1) is 31.4 Å². The summed E-state index contributed by atoms with van der Waals surface area (Å²) in [6, 6.07) is 10.3. The van der Waals surface area contributed by atoms with E-state index in [2.05, 4.69) is 15.3 Å². The molecule has 0 aliphatic rings. The largest absolute Gasteiger partial charge is 0.493 e. The Labute approximate surface area is 149 Å². The van der Waals surface area contributed by atoms with Gasteiger partial charge in [-0.05, 0) is 30.3 Å².